The van der Waals surface area contributed by atoms with Gasteiger partial charge in [-0.3, -0.25) is 9.59 Å². The first kappa shape index (κ1) is 25.0. The molecule has 5 nitrogen and oxygen atoms in total. The van der Waals surface area contributed by atoms with Crippen molar-refractivity contribution in [3.63, 3.8) is 0 Å². The minimum Gasteiger partial charge on any atom is -0.466 e. The molecule has 2 fully saturated rings. The number of hydrogen-bond donors (Lipinski definition) is 0. The molecular formula is C24H39FO5. The molecule has 0 N–H and O–H groups in total. The number of ether oxygens (including phenoxy) is 3. The van der Waals surface area contributed by atoms with E-state index >= 15 is 4.39 Å². The molecule has 1 saturated heterocycles. The lowest BCUT2D eigenvalue weighted by atomic mass is 9.82. The molecule has 0 aromatic carbocycles. The molecule has 2 aliphatic rings. The average molecular weight is 427 g/mol. The van der Waals surface area contributed by atoms with E-state index in [1.807, 2.05) is 26.0 Å². The van der Waals surface area contributed by atoms with Crippen molar-refractivity contribution in [2.24, 2.45) is 11.8 Å². The van der Waals surface area contributed by atoms with Crippen LogP contribution in [-0.2, 0) is 23.8 Å². The van der Waals surface area contributed by atoms with E-state index in [2.05, 4.69) is 0 Å². The molecule has 1 aliphatic carbocycles. The molecule has 0 amide bonds. The van der Waals surface area contributed by atoms with Crippen LogP contribution in [0.5, 0.6) is 0 Å². The van der Waals surface area contributed by atoms with Crippen molar-refractivity contribution < 1.29 is 28.2 Å². The van der Waals surface area contributed by atoms with Crippen LogP contribution in [0, 0.1) is 11.8 Å². The summed E-state index contributed by atoms with van der Waals surface area (Å²) in [4.78, 5) is 24.0. The van der Waals surface area contributed by atoms with Crippen LogP contribution in [0.2, 0.25) is 0 Å². The van der Waals surface area contributed by atoms with E-state index < -0.39 is 12.0 Å². The molecule has 1 aliphatic heterocycles. The Morgan fingerprint density at radius 3 is 2.77 bits per heavy atom. The zero-order chi connectivity index (χ0) is 22.0. The van der Waals surface area contributed by atoms with Gasteiger partial charge in [0.05, 0.1) is 12.7 Å². The maximum atomic E-state index is 15.0. The summed E-state index contributed by atoms with van der Waals surface area (Å²) < 4.78 is 31.9. The molecule has 1 heterocycles. The highest BCUT2D eigenvalue weighted by Gasteiger charge is 2.53. The van der Waals surface area contributed by atoms with Gasteiger partial charge in [-0.25, -0.2) is 4.39 Å². The van der Waals surface area contributed by atoms with E-state index in [1.54, 1.807) is 6.92 Å². The number of rotatable bonds is 13. The number of hydrogen-bond acceptors (Lipinski definition) is 5. The monoisotopic (exact) mass is 426 g/mol. The number of fused-ring (bicyclic) bond motifs is 1. The van der Waals surface area contributed by atoms with E-state index in [9.17, 15) is 9.59 Å². The number of carbonyl (C=O) groups excluding carboxylic acids is 2. The Balaban J connectivity index is 1.87. The fourth-order valence-electron chi connectivity index (χ4n) is 4.74. The van der Waals surface area contributed by atoms with E-state index in [4.69, 9.17) is 14.2 Å². The Kier molecular flexibility index (Phi) is 10.5. The Morgan fingerprint density at radius 1 is 1.27 bits per heavy atom. The predicted molar refractivity (Wildman–Crippen MR) is 114 cm³/mol. The molecule has 30 heavy (non-hydrogen) atoms. The van der Waals surface area contributed by atoms with Crippen molar-refractivity contribution in [1.82, 2.24) is 0 Å². The van der Waals surface area contributed by atoms with Crippen LogP contribution in [0.25, 0.3) is 0 Å². The molecule has 2 rings (SSSR count). The lowest BCUT2D eigenvalue weighted by Gasteiger charge is -2.44. The summed E-state index contributed by atoms with van der Waals surface area (Å²) in [5, 5.41) is 0. The highest BCUT2D eigenvalue weighted by atomic mass is 19.1. The Morgan fingerprint density at radius 2 is 2.07 bits per heavy atom. The maximum absolute atomic E-state index is 15.0. The summed E-state index contributed by atoms with van der Waals surface area (Å²) in [5.74, 6) is -1.08. The highest BCUT2D eigenvalue weighted by molar-refractivity contribution is 5.84. The van der Waals surface area contributed by atoms with Gasteiger partial charge in [-0.05, 0) is 51.9 Å². The van der Waals surface area contributed by atoms with Gasteiger partial charge >= 0.3 is 5.97 Å². The number of halogens is 1. The van der Waals surface area contributed by atoms with Crippen molar-refractivity contribution in [1.29, 1.82) is 0 Å². The standard InChI is InChI=1S/C24H39FO5/c1-4-7-13-22(25)24(29-6-3)16-15-19-18(20(26)17-21(19)30-24)12-10-8-9-11-14-23(27)28-5-2/h8,10,18-19,21-22H,4-7,9,11-17H2,1-3H3/t18-,19?,21-,22?,24?/m1/s1. The van der Waals surface area contributed by atoms with Gasteiger partial charge in [0.15, 0.2) is 12.0 Å². The van der Waals surface area contributed by atoms with Crippen LogP contribution in [-0.4, -0.2) is 43.0 Å². The third-order valence-electron chi connectivity index (χ3n) is 6.28. The smallest absolute Gasteiger partial charge is 0.305 e. The molecule has 1 saturated carbocycles. The van der Waals surface area contributed by atoms with Crippen LogP contribution >= 0.6 is 0 Å². The van der Waals surface area contributed by atoms with Crippen molar-refractivity contribution in [2.45, 2.75) is 103 Å². The Labute approximate surface area is 180 Å². The number of carbonyl (C=O) groups is 2. The van der Waals surface area contributed by atoms with Crippen LogP contribution in [0.4, 0.5) is 4.39 Å². The normalized spacial score (nSPS) is 29.9. The zero-order valence-electron chi connectivity index (χ0n) is 18.9. The molecular weight excluding hydrogens is 387 g/mol. The van der Waals surface area contributed by atoms with Gasteiger partial charge in [-0.2, -0.15) is 0 Å². The number of Topliss-reactive ketones (excluding diaryl/α,β-unsaturated/α-hetero) is 1. The van der Waals surface area contributed by atoms with Crippen molar-refractivity contribution >= 4 is 11.8 Å². The van der Waals surface area contributed by atoms with Crippen LogP contribution in [0.15, 0.2) is 12.2 Å². The summed E-state index contributed by atoms with van der Waals surface area (Å²) in [6, 6.07) is 0. The highest BCUT2D eigenvalue weighted by Crippen LogP contribution is 2.47. The lowest BCUT2D eigenvalue weighted by Crippen LogP contribution is -2.52. The van der Waals surface area contributed by atoms with Crippen molar-refractivity contribution in [3.8, 4) is 0 Å². The number of ketones is 1. The van der Waals surface area contributed by atoms with Gasteiger partial charge in [0.2, 0.25) is 0 Å². The topological polar surface area (TPSA) is 61.8 Å². The molecule has 172 valence electrons. The van der Waals surface area contributed by atoms with Crippen LogP contribution in [0.1, 0.15) is 85.0 Å². The largest absolute Gasteiger partial charge is 0.466 e. The predicted octanol–water partition coefficient (Wildman–Crippen LogP) is 5.31. The minimum atomic E-state index is -1.19. The second kappa shape index (κ2) is 12.6. The van der Waals surface area contributed by atoms with Gasteiger partial charge in [-0.1, -0.05) is 31.9 Å². The molecule has 3 unspecified atom stereocenters. The quantitative estimate of drug-likeness (QED) is 0.227. The second-order valence-corrected chi connectivity index (χ2v) is 8.39. The SMILES string of the molecule is CCCCC(F)C1(OCC)CCC2[C@@H](CC(=O)[C@@H]2CC=CCCCC(=O)OCC)O1. The third kappa shape index (κ3) is 6.61. The second-order valence-electron chi connectivity index (χ2n) is 8.39. The first-order valence-corrected chi connectivity index (χ1v) is 11.8. The summed E-state index contributed by atoms with van der Waals surface area (Å²) in [5.41, 5.74) is 0. The minimum absolute atomic E-state index is 0.0652. The molecule has 0 spiro atoms. The molecule has 0 aromatic rings. The number of unbranched alkanes of at least 4 members (excludes halogenated alkanes) is 2. The van der Waals surface area contributed by atoms with Gasteiger partial charge in [-0.15, -0.1) is 0 Å². The summed E-state index contributed by atoms with van der Waals surface area (Å²) in [7, 11) is 0. The van der Waals surface area contributed by atoms with E-state index in [0.29, 0.717) is 45.3 Å². The van der Waals surface area contributed by atoms with Crippen LogP contribution < -0.4 is 0 Å². The zero-order valence-corrected chi connectivity index (χ0v) is 18.9. The summed E-state index contributed by atoms with van der Waals surface area (Å²) >= 11 is 0. The fourth-order valence-corrected chi connectivity index (χ4v) is 4.74. The molecule has 0 radical (unpaired) electrons. The first-order chi connectivity index (χ1) is 14.5. The average Bonchev–Trinajstić information content (AvgIpc) is 3.03. The van der Waals surface area contributed by atoms with E-state index in [0.717, 1.165) is 32.1 Å². The summed E-state index contributed by atoms with van der Waals surface area (Å²) in [6.07, 6.45) is 9.07. The van der Waals surface area contributed by atoms with Crippen LogP contribution in [0.3, 0.4) is 0 Å². The van der Waals surface area contributed by atoms with Gasteiger partial charge < -0.3 is 14.2 Å². The molecule has 0 aromatic heterocycles. The maximum Gasteiger partial charge on any atom is 0.305 e. The Hall–Kier alpha value is -1.27. The summed E-state index contributed by atoms with van der Waals surface area (Å²) in [6.45, 7) is 6.52. The number of allylic oxidation sites excluding steroid dienone is 2. The fraction of sp³-hybridized carbons (Fsp3) is 0.833. The van der Waals surface area contributed by atoms with E-state index in [-0.39, 0.29) is 29.7 Å². The molecule has 6 heteroatoms. The number of alkyl halides is 1. The van der Waals surface area contributed by atoms with Gasteiger partial charge in [0, 0.05) is 31.8 Å². The molecule has 5 atom stereocenters. The Bertz CT molecular complexity index is 578. The van der Waals surface area contributed by atoms with Crippen molar-refractivity contribution in [3.05, 3.63) is 12.2 Å². The molecule has 0 bridgehead atoms. The number of esters is 1. The first-order valence-electron chi connectivity index (χ1n) is 11.8. The van der Waals surface area contributed by atoms with Gasteiger partial charge in [0.1, 0.15) is 5.78 Å². The lowest BCUT2D eigenvalue weighted by molar-refractivity contribution is -0.314. The van der Waals surface area contributed by atoms with E-state index in [1.165, 1.54) is 0 Å². The third-order valence-corrected chi connectivity index (χ3v) is 6.28. The van der Waals surface area contributed by atoms with Crippen molar-refractivity contribution in [2.75, 3.05) is 13.2 Å². The van der Waals surface area contributed by atoms with Gasteiger partial charge in [0.25, 0.3) is 0 Å².